The van der Waals surface area contributed by atoms with Crippen LogP contribution in [-0.4, -0.2) is 92.6 Å². The molecule has 56 heavy (non-hydrogen) atoms. The van der Waals surface area contributed by atoms with E-state index >= 15 is 0 Å². The van der Waals surface area contributed by atoms with Gasteiger partial charge in [-0.15, -0.1) is 0 Å². The van der Waals surface area contributed by atoms with Crippen molar-refractivity contribution in [1.82, 2.24) is 21.3 Å². The lowest BCUT2D eigenvalue weighted by molar-refractivity contribution is -0.176. The molecule has 1 atom stereocenters. The lowest BCUT2D eigenvalue weighted by atomic mass is 9.80. The minimum absolute atomic E-state index is 0.270. The van der Waals surface area contributed by atoms with Crippen molar-refractivity contribution in [3.63, 3.8) is 0 Å². The molecule has 4 rings (SSSR count). The van der Waals surface area contributed by atoms with Crippen molar-refractivity contribution in [3.05, 3.63) is 0 Å². The van der Waals surface area contributed by atoms with E-state index in [1.54, 1.807) is 0 Å². The van der Waals surface area contributed by atoms with Crippen molar-refractivity contribution in [3.8, 4) is 0 Å². The number of nitrogens with one attached hydrogen (secondary N) is 4. The molecule has 4 fully saturated rings. The summed E-state index contributed by atoms with van der Waals surface area (Å²) in [5, 5.41) is 14.4. The van der Waals surface area contributed by atoms with Crippen LogP contribution in [0.15, 0.2) is 0 Å². The predicted octanol–water partition coefficient (Wildman–Crippen LogP) is 6.41. The van der Waals surface area contributed by atoms with E-state index in [1.165, 1.54) is 0 Å². The molecule has 0 bridgehead atoms. The van der Waals surface area contributed by atoms with Crippen LogP contribution in [0.4, 0.5) is 0 Å². The number of rotatable bonds is 11. The molecule has 0 radical (unpaired) electrons. The first-order chi connectivity index (χ1) is 25.1. The van der Waals surface area contributed by atoms with Crippen LogP contribution in [0.1, 0.15) is 175 Å². The third-order valence-electron chi connectivity index (χ3n) is 11.6. The molecule has 322 valence electrons. The van der Waals surface area contributed by atoms with E-state index in [4.69, 9.17) is 18.9 Å². The van der Waals surface area contributed by atoms with Gasteiger partial charge in [-0.25, -0.2) is 0 Å². The Kier molecular flexibility index (Phi) is 13.3. The van der Waals surface area contributed by atoms with Gasteiger partial charge in [-0.2, -0.15) is 0 Å². The van der Waals surface area contributed by atoms with Gasteiger partial charge < -0.3 is 40.2 Å². The summed E-state index contributed by atoms with van der Waals surface area (Å²) >= 11 is 0. The molecule has 12 heteroatoms. The Hall–Kier alpha value is -2.28. The van der Waals surface area contributed by atoms with Crippen molar-refractivity contribution in [2.45, 2.75) is 244 Å². The second-order valence-electron chi connectivity index (χ2n) is 23.2. The van der Waals surface area contributed by atoms with Crippen LogP contribution in [-0.2, 0) is 38.1 Å². The number of hydrogen-bond donors (Lipinski definition) is 4. The van der Waals surface area contributed by atoms with Crippen LogP contribution in [0.5, 0.6) is 0 Å². The molecular weight excluding hydrogens is 713 g/mol. The third kappa shape index (κ3) is 13.9. The van der Waals surface area contributed by atoms with E-state index < -0.39 is 54.0 Å². The van der Waals surface area contributed by atoms with Gasteiger partial charge in [0.15, 0.2) is 5.92 Å². The maximum atomic E-state index is 14.4. The highest BCUT2D eigenvalue weighted by Gasteiger charge is 2.47. The fourth-order valence-electron chi connectivity index (χ4n) is 11.3. The lowest BCUT2D eigenvalue weighted by Gasteiger charge is -2.46. The first-order valence-corrected chi connectivity index (χ1v) is 21.1. The Bertz CT molecular complexity index is 1350. The van der Waals surface area contributed by atoms with Gasteiger partial charge in [-0.3, -0.25) is 19.2 Å². The van der Waals surface area contributed by atoms with Crippen LogP contribution in [0.3, 0.4) is 0 Å². The number of esters is 4. The van der Waals surface area contributed by atoms with Crippen molar-refractivity contribution in [2.24, 2.45) is 11.8 Å². The maximum Gasteiger partial charge on any atom is 0.320 e. The Balaban J connectivity index is 1.65. The summed E-state index contributed by atoms with van der Waals surface area (Å²) in [5.41, 5.74) is -2.43. The van der Waals surface area contributed by atoms with E-state index in [0.29, 0.717) is 51.4 Å². The number of carbonyl (C=O) groups excluding carboxylic acids is 4. The largest absolute Gasteiger partial charge is 0.462 e. The fourth-order valence-corrected chi connectivity index (χ4v) is 11.3. The molecule has 0 amide bonds. The maximum absolute atomic E-state index is 14.4. The van der Waals surface area contributed by atoms with Gasteiger partial charge in [0.2, 0.25) is 0 Å². The summed E-state index contributed by atoms with van der Waals surface area (Å²) in [6.45, 7) is 33.1. The molecule has 4 N–H and O–H groups in total. The topological polar surface area (TPSA) is 153 Å². The third-order valence-corrected chi connectivity index (χ3v) is 11.6. The van der Waals surface area contributed by atoms with Gasteiger partial charge in [-0.1, -0.05) is 0 Å². The van der Waals surface area contributed by atoms with Crippen LogP contribution >= 0.6 is 0 Å². The van der Waals surface area contributed by atoms with Crippen molar-refractivity contribution in [1.29, 1.82) is 0 Å². The Morgan fingerprint density at radius 2 is 0.643 bits per heavy atom. The minimum Gasteiger partial charge on any atom is -0.462 e. The van der Waals surface area contributed by atoms with E-state index in [9.17, 15) is 19.2 Å². The zero-order chi connectivity index (χ0) is 42.5. The zero-order valence-corrected chi connectivity index (χ0v) is 37.8. The summed E-state index contributed by atoms with van der Waals surface area (Å²) in [4.78, 5) is 57.1. The molecular formula is C44H78N4O8. The number of hydrogen-bond acceptors (Lipinski definition) is 12. The molecule has 0 aromatic rings. The number of ether oxygens (including phenoxy) is 4. The Morgan fingerprint density at radius 3 is 0.911 bits per heavy atom. The summed E-state index contributed by atoms with van der Waals surface area (Å²) < 4.78 is 24.7. The fraction of sp³-hybridized carbons (Fsp3) is 0.909. The van der Waals surface area contributed by atoms with Gasteiger partial charge >= 0.3 is 23.9 Å². The molecule has 0 spiro atoms. The minimum atomic E-state index is -1.46. The van der Waals surface area contributed by atoms with Gasteiger partial charge in [0.1, 0.15) is 24.4 Å². The van der Waals surface area contributed by atoms with Gasteiger partial charge in [0.05, 0.1) is 12.3 Å². The highest BCUT2D eigenvalue weighted by atomic mass is 16.6. The smallest absolute Gasteiger partial charge is 0.320 e. The molecule has 0 aliphatic carbocycles. The molecule has 0 saturated carbocycles. The summed E-state index contributed by atoms with van der Waals surface area (Å²) in [5.74, 6) is -5.32. The molecule has 0 aromatic carbocycles. The standard InChI is InChI=1S/C44H78N4O8/c1-37(2)19-28(20-38(3,4)45-37)53-33(49)18-27(34(50)54-29-21-39(5,6)46-40(7,8)22-29)17-32(35(51)55-30-23-41(9,10)47-42(11,12)24-30)36(52)56-31-25-43(13,14)48-44(15,16)26-31/h27-32,45-48H,17-26H2,1-16H3. The van der Waals surface area contributed by atoms with Crippen molar-refractivity contribution in [2.75, 3.05) is 0 Å². The lowest BCUT2D eigenvalue weighted by Crippen LogP contribution is -2.60. The van der Waals surface area contributed by atoms with Gasteiger partial charge in [-0.05, 0) is 117 Å². The van der Waals surface area contributed by atoms with Gasteiger partial charge in [0, 0.05) is 95.7 Å². The highest BCUT2D eigenvalue weighted by molar-refractivity contribution is 5.96. The SMILES string of the molecule is CC1(C)CC(OC(=O)CC(CC(C(=O)OC2CC(C)(C)NC(C)(C)C2)C(=O)OC2CC(C)(C)NC(C)(C)C2)C(=O)OC2CC(C)(C)NC(C)(C)C2)CC(C)(C)N1. The number of carbonyl (C=O) groups is 4. The highest BCUT2D eigenvalue weighted by Crippen LogP contribution is 2.36. The first-order valence-electron chi connectivity index (χ1n) is 21.1. The molecule has 1 unspecified atom stereocenters. The summed E-state index contributed by atoms with van der Waals surface area (Å²) in [6, 6.07) is 0. The summed E-state index contributed by atoms with van der Waals surface area (Å²) in [6.07, 6.45) is 2.10. The molecule has 0 aromatic heterocycles. The van der Waals surface area contributed by atoms with Crippen LogP contribution in [0.25, 0.3) is 0 Å². The summed E-state index contributed by atoms with van der Waals surface area (Å²) in [7, 11) is 0. The molecule has 4 saturated heterocycles. The first kappa shape index (κ1) is 46.4. The zero-order valence-electron chi connectivity index (χ0n) is 37.8. The second-order valence-corrected chi connectivity index (χ2v) is 23.2. The van der Waals surface area contributed by atoms with Crippen LogP contribution < -0.4 is 21.3 Å². The Morgan fingerprint density at radius 1 is 0.411 bits per heavy atom. The number of piperidine rings is 4. The van der Waals surface area contributed by atoms with Crippen molar-refractivity contribution < 1.29 is 38.1 Å². The van der Waals surface area contributed by atoms with Crippen LogP contribution in [0, 0.1) is 11.8 Å². The molecule has 4 heterocycles. The quantitative estimate of drug-likeness (QED) is 0.104. The van der Waals surface area contributed by atoms with E-state index in [1.807, 2.05) is 0 Å². The van der Waals surface area contributed by atoms with Crippen molar-refractivity contribution >= 4 is 23.9 Å². The molecule has 4 aliphatic heterocycles. The van der Waals surface area contributed by atoms with E-state index in [0.717, 1.165) is 0 Å². The predicted molar refractivity (Wildman–Crippen MR) is 218 cm³/mol. The normalized spacial score (nSPS) is 27.4. The van der Waals surface area contributed by atoms with Gasteiger partial charge in [0.25, 0.3) is 0 Å². The van der Waals surface area contributed by atoms with E-state index in [2.05, 4.69) is 132 Å². The average Bonchev–Trinajstić information content (AvgIpc) is 2.87. The second kappa shape index (κ2) is 16.1. The monoisotopic (exact) mass is 791 g/mol. The average molecular weight is 791 g/mol. The van der Waals surface area contributed by atoms with E-state index in [-0.39, 0.29) is 63.3 Å². The molecule has 4 aliphatic rings. The Labute approximate surface area is 338 Å². The molecule has 12 nitrogen and oxygen atoms in total. The van der Waals surface area contributed by atoms with Crippen LogP contribution in [0.2, 0.25) is 0 Å².